The van der Waals surface area contributed by atoms with Gasteiger partial charge in [0, 0.05) is 17.9 Å². The van der Waals surface area contributed by atoms with Gasteiger partial charge >= 0.3 is 5.97 Å². The summed E-state index contributed by atoms with van der Waals surface area (Å²) in [6, 6.07) is 6.26. The van der Waals surface area contributed by atoms with Crippen LogP contribution in [0.25, 0.3) is 0 Å². The standard InChI is InChI=1S/C20H30FNO3/c1-14(7-12-17(23)25-19(2,3)4)18(24)22-20(5,6)13-15-8-10-16(21)11-9-15/h8-11,14H,7,12-13H2,1-6H3,(H,22,24)/t14-/m0/s1. The molecule has 1 rings (SSSR count). The number of halogens is 1. The minimum absolute atomic E-state index is 0.101. The van der Waals surface area contributed by atoms with E-state index in [4.69, 9.17) is 4.74 Å². The quantitative estimate of drug-likeness (QED) is 0.755. The Balaban J connectivity index is 2.49. The molecule has 0 unspecified atom stereocenters. The van der Waals surface area contributed by atoms with Gasteiger partial charge in [0.25, 0.3) is 0 Å². The van der Waals surface area contributed by atoms with Crippen molar-refractivity contribution in [2.24, 2.45) is 5.92 Å². The van der Waals surface area contributed by atoms with Crippen molar-refractivity contribution >= 4 is 11.9 Å². The van der Waals surface area contributed by atoms with E-state index in [1.807, 2.05) is 34.6 Å². The van der Waals surface area contributed by atoms with Crippen molar-refractivity contribution in [3.05, 3.63) is 35.6 Å². The van der Waals surface area contributed by atoms with Gasteiger partial charge in [0.15, 0.2) is 0 Å². The van der Waals surface area contributed by atoms with Gasteiger partial charge in [-0.15, -0.1) is 0 Å². The van der Waals surface area contributed by atoms with Gasteiger partial charge < -0.3 is 10.1 Å². The molecule has 0 radical (unpaired) electrons. The van der Waals surface area contributed by atoms with Gasteiger partial charge in [-0.05, 0) is 65.2 Å². The highest BCUT2D eigenvalue weighted by Crippen LogP contribution is 2.16. The van der Waals surface area contributed by atoms with Gasteiger partial charge in [0.2, 0.25) is 5.91 Å². The van der Waals surface area contributed by atoms with Gasteiger partial charge in [-0.1, -0.05) is 19.1 Å². The van der Waals surface area contributed by atoms with E-state index in [1.165, 1.54) is 12.1 Å². The molecule has 25 heavy (non-hydrogen) atoms. The van der Waals surface area contributed by atoms with Gasteiger partial charge in [0.05, 0.1) is 0 Å². The molecule has 0 aliphatic rings. The molecule has 0 saturated heterocycles. The fourth-order valence-electron chi connectivity index (χ4n) is 2.47. The van der Waals surface area contributed by atoms with E-state index in [2.05, 4.69) is 5.32 Å². The zero-order valence-electron chi connectivity index (χ0n) is 16.1. The van der Waals surface area contributed by atoms with E-state index in [9.17, 15) is 14.0 Å². The molecule has 1 aromatic carbocycles. The summed E-state index contributed by atoms with van der Waals surface area (Å²) >= 11 is 0. The molecular formula is C20H30FNO3. The Morgan fingerprint density at radius 3 is 2.20 bits per heavy atom. The summed E-state index contributed by atoms with van der Waals surface area (Å²) in [6.45, 7) is 11.1. The van der Waals surface area contributed by atoms with Crippen LogP contribution < -0.4 is 5.32 Å². The Kier molecular flexibility index (Phi) is 7.15. The molecule has 5 heteroatoms. The van der Waals surface area contributed by atoms with E-state index in [1.54, 1.807) is 19.1 Å². The molecule has 140 valence electrons. The third-order valence-electron chi connectivity index (χ3n) is 3.67. The van der Waals surface area contributed by atoms with Crippen molar-refractivity contribution in [2.75, 3.05) is 0 Å². The lowest BCUT2D eigenvalue weighted by atomic mass is 9.93. The first-order chi connectivity index (χ1) is 11.4. The summed E-state index contributed by atoms with van der Waals surface area (Å²) < 4.78 is 18.2. The molecule has 0 bridgehead atoms. The van der Waals surface area contributed by atoms with E-state index < -0.39 is 11.1 Å². The van der Waals surface area contributed by atoms with Gasteiger partial charge in [-0.25, -0.2) is 4.39 Å². The number of hydrogen-bond donors (Lipinski definition) is 1. The Bertz CT molecular complexity index is 588. The van der Waals surface area contributed by atoms with Crippen LogP contribution in [0.1, 0.15) is 59.9 Å². The first kappa shape index (κ1) is 21.1. The molecule has 0 heterocycles. The summed E-state index contributed by atoms with van der Waals surface area (Å²) in [5.74, 6) is -0.963. The topological polar surface area (TPSA) is 55.4 Å². The van der Waals surface area contributed by atoms with Crippen molar-refractivity contribution in [2.45, 2.75) is 71.9 Å². The average Bonchev–Trinajstić information content (AvgIpc) is 2.44. The van der Waals surface area contributed by atoms with Crippen LogP contribution in [0.15, 0.2) is 24.3 Å². The molecule has 4 nitrogen and oxygen atoms in total. The number of ether oxygens (including phenoxy) is 1. The predicted molar refractivity (Wildman–Crippen MR) is 96.6 cm³/mol. The summed E-state index contributed by atoms with van der Waals surface area (Å²) in [5.41, 5.74) is -0.0254. The summed E-state index contributed by atoms with van der Waals surface area (Å²) in [5, 5.41) is 3.01. The number of nitrogens with one attached hydrogen (secondary N) is 1. The molecular weight excluding hydrogens is 321 g/mol. The fraction of sp³-hybridized carbons (Fsp3) is 0.600. The number of benzene rings is 1. The average molecular weight is 351 g/mol. The normalized spacial score (nSPS) is 13.2. The second-order valence-electron chi connectivity index (χ2n) is 8.20. The summed E-state index contributed by atoms with van der Waals surface area (Å²) in [4.78, 5) is 24.1. The highest BCUT2D eigenvalue weighted by Gasteiger charge is 2.25. The van der Waals surface area contributed by atoms with E-state index in [0.717, 1.165) is 5.56 Å². The Hall–Kier alpha value is -1.91. The number of amides is 1. The zero-order valence-corrected chi connectivity index (χ0v) is 16.1. The summed E-state index contributed by atoms with van der Waals surface area (Å²) in [7, 11) is 0. The molecule has 0 fully saturated rings. The van der Waals surface area contributed by atoms with Crippen molar-refractivity contribution in [3.8, 4) is 0 Å². The van der Waals surface area contributed by atoms with E-state index >= 15 is 0 Å². The maximum atomic E-state index is 13.0. The second kappa shape index (κ2) is 8.45. The first-order valence-electron chi connectivity index (χ1n) is 8.66. The van der Waals surface area contributed by atoms with Gasteiger partial charge in [0.1, 0.15) is 11.4 Å². The maximum Gasteiger partial charge on any atom is 0.306 e. The predicted octanol–water partition coefficient (Wildman–Crippen LogP) is 4.02. The van der Waals surface area contributed by atoms with Crippen molar-refractivity contribution in [1.29, 1.82) is 0 Å². The molecule has 0 aromatic heterocycles. The van der Waals surface area contributed by atoms with Crippen LogP contribution in [0, 0.1) is 11.7 Å². The van der Waals surface area contributed by atoms with Crippen molar-refractivity contribution in [3.63, 3.8) is 0 Å². The third-order valence-corrected chi connectivity index (χ3v) is 3.67. The lowest BCUT2D eigenvalue weighted by molar-refractivity contribution is -0.155. The van der Waals surface area contributed by atoms with Crippen LogP contribution in [0.2, 0.25) is 0 Å². The van der Waals surface area contributed by atoms with Crippen LogP contribution in [-0.2, 0) is 20.7 Å². The highest BCUT2D eigenvalue weighted by molar-refractivity contribution is 5.80. The first-order valence-corrected chi connectivity index (χ1v) is 8.66. The smallest absolute Gasteiger partial charge is 0.306 e. The van der Waals surface area contributed by atoms with Crippen LogP contribution in [0.4, 0.5) is 4.39 Å². The van der Waals surface area contributed by atoms with Gasteiger partial charge in [-0.3, -0.25) is 9.59 Å². The third kappa shape index (κ3) is 8.66. The number of carbonyl (C=O) groups is 2. The largest absolute Gasteiger partial charge is 0.460 e. The van der Waals surface area contributed by atoms with Crippen LogP contribution >= 0.6 is 0 Å². The van der Waals surface area contributed by atoms with Crippen LogP contribution in [0.3, 0.4) is 0 Å². The number of esters is 1. The second-order valence-corrected chi connectivity index (χ2v) is 8.20. The highest BCUT2D eigenvalue weighted by atomic mass is 19.1. The Morgan fingerprint density at radius 1 is 1.12 bits per heavy atom. The molecule has 0 aliphatic heterocycles. The number of carbonyl (C=O) groups excluding carboxylic acids is 2. The fourth-order valence-corrected chi connectivity index (χ4v) is 2.47. The lowest BCUT2D eigenvalue weighted by Gasteiger charge is -2.28. The van der Waals surface area contributed by atoms with Crippen molar-refractivity contribution < 1.29 is 18.7 Å². The lowest BCUT2D eigenvalue weighted by Crippen LogP contribution is -2.47. The SMILES string of the molecule is C[C@@H](CCC(=O)OC(C)(C)C)C(=O)NC(C)(C)Cc1ccc(F)cc1. The molecule has 1 atom stereocenters. The minimum atomic E-state index is -0.514. The number of hydrogen-bond acceptors (Lipinski definition) is 3. The molecule has 1 amide bonds. The summed E-state index contributed by atoms with van der Waals surface area (Å²) in [6.07, 6.45) is 1.25. The minimum Gasteiger partial charge on any atom is -0.460 e. The monoisotopic (exact) mass is 351 g/mol. The maximum absolute atomic E-state index is 13.0. The molecule has 0 saturated carbocycles. The zero-order chi connectivity index (χ0) is 19.3. The molecule has 0 aliphatic carbocycles. The molecule has 1 aromatic rings. The van der Waals surface area contributed by atoms with E-state index in [0.29, 0.717) is 12.8 Å². The molecule has 0 spiro atoms. The van der Waals surface area contributed by atoms with Crippen LogP contribution in [-0.4, -0.2) is 23.0 Å². The van der Waals surface area contributed by atoms with Gasteiger partial charge in [-0.2, -0.15) is 0 Å². The van der Waals surface area contributed by atoms with Crippen molar-refractivity contribution in [1.82, 2.24) is 5.32 Å². The van der Waals surface area contributed by atoms with Crippen LogP contribution in [0.5, 0.6) is 0 Å². The molecule has 1 N–H and O–H groups in total. The van der Waals surface area contributed by atoms with E-state index in [-0.39, 0.29) is 30.0 Å². The number of rotatable bonds is 7. The Morgan fingerprint density at radius 2 is 1.68 bits per heavy atom. The Labute approximate surface area is 150 Å².